The minimum absolute atomic E-state index is 0. The van der Waals surface area contributed by atoms with Crippen molar-refractivity contribution >= 4 is 13.8 Å². The molecule has 0 aromatic rings. The van der Waals surface area contributed by atoms with Crippen LogP contribution in [0, 0.1) is 0 Å². The number of hydrogen-bond acceptors (Lipinski definition) is 3. The molecule has 0 rings (SSSR count). The fourth-order valence-corrected chi connectivity index (χ4v) is 0. The van der Waals surface area contributed by atoms with Gasteiger partial charge in [0.1, 0.15) is 0 Å². The zero-order chi connectivity index (χ0) is 6.28. The first-order chi connectivity index (χ1) is 3.15. The SMILES string of the molecule is O=C(O)O.O[B]O. The predicted molar refractivity (Wildman–Crippen MR) is 20.8 cm³/mol. The van der Waals surface area contributed by atoms with Gasteiger partial charge < -0.3 is 20.3 Å². The van der Waals surface area contributed by atoms with Gasteiger partial charge in [-0.25, -0.2) is 4.79 Å². The normalized spacial score (nSPS) is 5.43. The van der Waals surface area contributed by atoms with Crippen molar-refractivity contribution in [3.8, 4) is 0 Å². The van der Waals surface area contributed by atoms with Crippen molar-refractivity contribution in [1.82, 2.24) is 0 Å². The summed E-state index contributed by atoms with van der Waals surface area (Å²) in [5.41, 5.74) is 0. The molecule has 0 aromatic heterocycles. The van der Waals surface area contributed by atoms with E-state index in [1.807, 2.05) is 0 Å². The van der Waals surface area contributed by atoms with Crippen molar-refractivity contribution in [3.05, 3.63) is 0 Å². The second kappa shape index (κ2) is 8.98. The molecule has 0 aromatic carbocycles. The van der Waals surface area contributed by atoms with Gasteiger partial charge in [-0.15, -0.1) is 0 Å². The standard InChI is InChI=1S/CH2O3.BH2O2/c2-1(3)4;2-1-3/h(H2,2,3,4);2-3H. The van der Waals surface area contributed by atoms with Gasteiger partial charge in [-0.3, -0.25) is 0 Å². The fourth-order valence-electron chi connectivity index (χ4n) is 0. The van der Waals surface area contributed by atoms with Crippen LogP contribution in [0.1, 0.15) is 0 Å². The molecule has 7 heavy (non-hydrogen) atoms. The van der Waals surface area contributed by atoms with Crippen LogP contribution in [0.3, 0.4) is 0 Å². The van der Waals surface area contributed by atoms with Gasteiger partial charge in [0.15, 0.2) is 0 Å². The highest BCUT2D eigenvalue weighted by Crippen LogP contribution is 1.42. The van der Waals surface area contributed by atoms with Crippen molar-refractivity contribution in [1.29, 1.82) is 0 Å². The van der Waals surface area contributed by atoms with E-state index in [0.29, 0.717) is 0 Å². The molecule has 0 atom stereocenters. The molecular formula is CH4BO5. The third-order valence-corrected chi connectivity index (χ3v) is 0. The molecule has 0 aliphatic heterocycles. The Labute approximate surface area is 40.1 Å². The molecule has 0 unspecified atom stereocenters. The van der Waals surface area contributed by atoms with Gasteiger partial charge in [0.05, 0.1) is 0 Å². The van der Waals surface area contributed by atoms with Crippen LogP contribution in [0.4, 0.5) is 4.79 Å². The molecule has 0 saturated heterocycles. The average molecular weight is 107 g/mol. The maximum absolute atomic E-state index is 8.56. The molecular weight excluding hydrogens is 103 g/mol. The molecule has 4 N–H and O–H groups in total. The van der Waals surface area contributed by atoms with Crippen LogP contribution in [-0.4, -0.2) is 34.1 Å². The Bertz CT molecular complexity index is 39.3. The third-order valence-electron chi connectivity index (χ3n) is 0. The summed E-state index contributed by atoms with van der Waals surface area (Å²) in [6, 6.07) is 0. The molecule has 0 fully saturated rings. The molecule has 0 aliphatic carbocycles. The molecule has 0 bridgehead atoms. The lowest BCUT2D eigenvalue weighted by Gasteiger charge is -1.60. The Morgan fingerprint density at radius 2 is 1.29 bits per heavy atom. The Morgan fingerprint density at radius 1 is 1.29 bits per heavy atom. The first-order valence-electron chi connectivity index (χ1n) is 1.17. The first-order valence-corrected chi connectivity index (χ1v) is 1.17. The lowest BCUT2D eigenvalue weighted by atomic mass is 10.5. The molecule has 5 nitrogen and oxygen atoms in total. The lowest BCUT2D eigenvalue weighted by Crippen LogP contribution is -1.81. The summed E-state index contributed by atoms with van der Waals surface area (Å²) >= 11 is 0. The topological polar surface area (TPSA) is 98.0 Å². The van der Waals surface area contributed by atoms with Gasteiger partial charge in [-0.2, -0.15) is 0 Å². The van der Waals surface area contributed by atoms with Gasteiger partial charge >= 0.3 is 13.8 Å². The molecule has 0 spiro atoms. The van der Waals surface area contributed by atoms with Crippen molar-refractivity contribution in [2.45, 2.75) is 0 Å². The summed E-state index contributed by atoms with van der Waals surface area (Å²) in [6.45, 7) is 0. The number of hydrogen-bond donors (Lipinski definition) is 4. The Morgan fingerprint density at radius 3 is 1.29 bits per heavy atom. The second-order valence-electron chi connectivity index (χ2n) is 0.398. The summed E-state index contributed by atoms with van der Waals surface area (Å²) in [7, 11) is 0. The van der Waals surface area contributed by atoms with E-state index >= 15 is 0 Å². The van der Waals surface area contributed by atoms with Gasteiger partial charge in [0.2, 0.25) is 0 Å². The maximum atomic E-state index is 8.56. The van der Waals surface area contributed by atoms with Crippen LogP contribution >= 0.6 is 0 Å². The van der Waals surface area contributed by atoms with Crippen LogP contribution in [0.15, 0.2) is 0 Å². The highest BCUT2D eigenvalue weighted by molar-refractivity contribution is 6.13. The van der Waals surface area contributed by atoms with Gasteiger partial charge in [-0.1, -0.05) is 0 Å². The quantitative estimate of drug-likeness (QED) is 0.289. The minimum atomic E-state index is -1.83. The van der Waals surface area contributed by atoms with E-state index in [2.05, 4.69) is 0 Å². The summed E-state index contributed by atoms with van der Waals surface area (Å²) < 4.78 is 0. The van der Waals surface area contributed by atoms with E-state index in [9.17, 15) is 0 Å². The maximum Gasteiger partial charge on any atom is 0.503 e. The minimum Gasteiger partial charge on any atom is -0.450 e. The summed E-state index contributed by atoms with van der Waals surface area (Å²) in [5.74, 6) is 0. The average Bonchev–Trinajstić information content (AvgIpc) is 1.33. The predicted octanol–water partition coefficient (Wildman–Crippen LogP) is -1.27. The number of carboxylic acid groups (broad SMARTS) is 2. The van der Waals surface area contributed by atoms with Crippen LogP contribution in [0.5, 0.6) is 0 Å². The zero-order valence-electron chi connectivity index (χ0n) is 3.27. The van der Waals surface area contributed by atoms with Crippen molar-refractivity contribution in [3.63, 3.8) is 0 Å². The smallest absolute Gasteiger partial charge is 0.450 e. The monoisotopic (exact) mass is 107 g/mol. The van der Waals surface area contributed by atoms with Crippen molar-refractivity contribution < 1.29 is 25.1 Å². The largest absolute Gasteiger partial charge is 0.503 e. The van der Waals surface area contributed by atoms with Crippen LogP contribution in [-0.2, 0) is 0 Å². The Kier molecular flexibility index (Phi) is 12.2. The summed E-state index contributed by atoms with van der Waals surface area (Å²) in [6.07, 6.45) is -1.83. The van der Waals surface area contributed by atoms with E-state index in [1.54, 1.807) is 0 Å². The molecule has 1 radical (unpaired) electrons. The van der Waals surface area contributed by atoms with Gasteiger partial charge in [0, 0.05) is 0 Å². The van der Waals surface area contributed by atoms with E-state index in [-0.39, 0.29) is 7.69 Å². The third kappa shape index (κ3) is 100. The van der Waals surface area contributed by atoms with Gasteiger partial charge in [0.25, 0.3) is 0 Å². The van der Waals surface area contributed by atoms with E-state index in [4.69, 9.17) is 25.1 Å². The van der Waals surface area contributed by atoms with Crippen LogP contribution < -0.4 is 0 Å². The number of carbonyl (C=O) groups is 1. The number of rotatable bonds is 0. The summed E-state index contributed by atoms with van der Waals surface area (Å²) in [4.78, 5) is 8.56. The van der Waals surface area contributed by atoms with Gasteiger partial charge in [-0.05, 0) is 0 Å². The molecule has 41 valence electrons. The first kappa shape index (κ1) is 9.54. The fraction of sp³-hybridized carbons (Fsp3) is 0. The lowest BCUT2D eigenvalue weighted by molar-refractivity contribution is 0.137. The van der Waals surface area contributed by atoms with Crippen molar-refractivity contribution in [2.24, 2.45) is 0 Å². The second-order valence-corrected chi connectivity index (χ2v) is 0.398. The molecule has 0 amide bonds. The Hall–Kier alpha value is -0.745. The van der Waals surface area contributed by atoms with Crippen LogP contribution in [0.25, 0.3) is 0 Å². The van der Waals surface area contributed by atoms with Crippen molar-refractivity contribution in [2.75, 3.05) is 0 Å². The molecule has 0 aliphatic rings. The Balaban J connectivity index is 0. The van der Waals surface area contributed by atoms with E-state index < -0.39 is 6.16 Å². The van der Waals surface area contributed by atoms with E-state index in [1.165, 1.54) is 0 Å². The van der Waals surface area contributed by atoms with E-state index in [0.717, 1.165) is 0 Å². The molecule has 0 heterocycles. The summed E-state index contributed by atoms with van der Waals surface area (Å²) in [5, 5.41) is 27.9. The molecule has 0 saturated carbocycles. The highest BCUT2D eigenvalue weighted by Gasteiger charge is 1.70. The van der Waals surface area contributed by atoms with Crippen LogP contribution in [0.2, 0.25) is 0 Å². The highest BCUT2D eigenvalue weighted by atomic mass is 16.6. The molecule has 6 heteroatoms. The zero-order valence-corrected chi connectivity index (χ0v) is 3.27.